The summed E-state index contributed by atoms with van der Waals surface area (Å²) in [7, 11) is 3.31. The number of methoxy groups -OCH3 is 2. The second-order valence-corrected chi connectivity index (χ2v) is 4.80. The van der Waals surface area contributed by atoms with Gasteiger partial charge in [0.25, 0.3) is 0 Å². The monoisotopic (exact) mass is 297 g/mol. The van der Waals surface area contributed by atoms with Crippen molar-refractivity contribution in [1.29, 1.82) is 0 Å². The summed E-state index contributed by atoms with van der Waals surface area (Å²) < 4.78 is 11.5. The Kier molecular flexibility index (Phi) is 3.72. The highest BCUT2D eigenvalue weighted by atomic mass is 79.9. The topological polar surface area (TPSA) is 30.8 Å². The molecule has 1 aliphatic heterocycles. The first-order valence-corrected chi connectivity index (χ1v) is 6.47. The molecule has 0 aromatic heterocycles. The quantitative estimate of drug-likeness (QED) is 0.858. The Hall–Kier alpha value is -1.03. The molecule has 0 saturated heterocycles. The molecule has 2 rings (SSSR count). The number of benzene rings is 1. The van der Waals surface area contributed by atoms with Crippen LogP contribution in [-0.4, -0.2) is 24.9 Å². The van der Waals surface area contributed by atoms with Gasteiger partial charge in [-0.15, -0.1) is 0 Å². The second-order valence-electron chi connectivity index (χ2n) is 4.05. The Bertz CT molecular complexity index is 457. The third-order valence-electron chi connectivity index (χ3n) is 3.05. The molecular formula is C13H16BrNO2. The molecule has 0 aliphatic carbocycles. The van der Waals surface area contributed by atoms with Gasteiger partial charge in [-0.3, -0.25) is 4.99 Å². The molecule has 0 saturated carbocycles. The van der Waals surface area contributed by atoms with Gasteiger partial charge < -0.3 is 9.47 Å². The van der Waals surface area contributed by atoms with Crippen molar-refractivity contribution in [1.82, 2.24) is 0 Å². The van der Waals surface area contributed by atoms with E-state index in [4.69, 9.17) is 9.47 Å². The van der Waals surface area contributed by atoms with Crippen LogP contribution in [0.2, 0.25) is 0 Å². The number of hydrogen-bond acceptors (Lipinski definition) is 3. The van der Waals surface area contributed by atoms with Gasteiger partial charge in [-0.05, 0) is 46.5 Å². The lowest BCUT2D eigenvalue weighted by molar-refractivity contribution is 0.354. The number of aliphatic imine (C=N–C) groups is 1. The Morgan fingerprint density at radius 2 is 1.94 bits per heavy atom. The summed E-state index contributed by atoms with van der Waals surface area (Å²) >= 11 is 3.53. The van der Waals surface area contributed by atoms with Crippen molar-refractivity contribution in [3.63, 3.8) is 0 Å². The minimum atomic E-state index is 0.356. The van der Waals surface area contributed by atoms with Gasteiger partial charge in [0.15, 0.2) is 11.5 Å². The van der Waals surface area contributed by atoms with E-state index in [-0.39, 0.29) is 0 Å². The fourth-order valence-corrected chi connectivity index (χ4v) is 2.71. The standard InChI is InChI=1S/C13H16BrNO2/c1-4-9-5-8-6-11(16-2)12(17-3)7-10(8)13(14)15-9/h6-7,9H,4-5H2,1-3H3. The van der Waals surface area contributed by atoms with E-state index in [1.807, 2.05) is 12.1 Å². The molecular weight excluding hydrogens is 282 g/mol. The molecule has 1 aromatic rings. The normalized spacial score (nSPS) is 18.4. The summed E-state index contributed by atoms with van der Waals surface area (Å²) in [6.45, 7) is 2.15. The van der Waals surface area contributed by atoms with Crippen LogP contribution in [0.5, 0.6) is 11.5 Å². The summed E-state index contributed by atoms with van der Waals surface area (Å²) in [5, 5.41) is 0. The molecule has 1 atom stereocenters. The predicted molar refractivity (Wildman–Crippen MR) is 72.8 cm³/mol. The van der Waals surface area contributed by atoms with E-state index in [9.17, 15) is 0 Å². The van der Waals surface area contributed by atoms with Crippen LogP contribution in [0.25, 0.3) is 0 Å². The number of nitrogens with zero attached hydrogens (tertiary/aromatic N) is 1. The zero-order valence-corrected chi connectivity index (χ0v) is 11.9. The molecule has 0 bridgehead atoms. The van der Waals surface area contributed by atoms with Crippen molar-refractivity contribution in [3.05, 3.63) is 23.3 Å². The van der Waals surface area contributed by atoms with Gasteiger partial charge in [-0.1, -0.05) is 6.92 Å². The molecule has 1 aliphatic rings. The Morgan fingerprint density at radius 1 is 1.29 bits per heavy atom. The number of fused-ring (bicyclic) bond motifs is 1. The molecule has 1 unspecified atom stereocenters. The highest BCUT2D eigenvalue weighted by Gasteiger charge is 2.21. The molecule has 0 N–H and O–H groups in total. The van der Waals surface area contributed by atoms with E-state index in [0.29, 0.717) is 6.04 Å². The fourth-order valence-electron chi connectivity index (χ4n) is 2.05. The van der Waals surface area contributed by atoms with E-state index in [2.05, 4.69) is 27.8 Å². The highest BCUT2D eigenvalue weighted by molar-refractivity contribution is 9.18. The molecule has 4 heteroatoms. The maximum atomic E-state index is 5.33. The van der Waals surface area contributed by atoms with E-state index < -0.39 is 0 Å². The Morgan fingerprint density at radius 3 is 2.53 bits per heavy atom. The lowest BCUT2D eigenvalue weighted by Gasteiger charge is -2.21. The van der Waals surface area contributed by atoms with E-state index in [0.717, 1.165) is 34.5 Å². The number of rotatable bonds is 3. The summed E-state index contributed by atoms with van der Waals surface area (Å²) in [6, 6.07) is 4.38. The van der Waals surface area contributed by atoms with Crippen molar-refractivity contribution in [2.75, 3.05) is 14.2 Å². The number of halogens is 1. The van der Waals surface area contributed by atoms with Gasteiger partial charge in [0, 0.05) is 5.56 Å². The van der Waals surface area contributed by atoms with Crippen molar-refractivity contribution in [3.8, 4) is 11.5 Å². The van der Waals surface area contributed by atoms with Gasteiger partial charge in [0.1, 0.15) is 4.62 Å². The largest absolute Gasteiger partial charge is 0.493 e. The SMILES string of the molecule is CCC1Cc2cc(OC)c(OC)cc2C(Br)=N1. The third kappa shape index (κ3) is 2.32. The maximum Gasteiger partial charge on any atom is 0.161 e. The van der Waals surface area contributed by atoms with Gasteiger partial charge in [-0.25, -0.2) is 0 Å². The van der Waals surface area contributed by atoms with E-state index in [1.54, 1.807) is 14.2 Å². The molecule has 17 heavy (non-hydrogen) atoms. The Labute approximate surface area is 110 Å². The van der Waals surface area contributed by atoms with Crippen LogP contribution < -0.4 is 9.47 Å². The van der Waals surface area contributed by atoms with Crippen LogP contribution in [0, 0.1) is 0 Å². The first-order valence-electron chi connectivity index (χ1n) is 5.68. The summed E-state index contributed by atoms with van der Waals surface area (Å²) in [4.78, 5) is 4.61. The number of ether oxygens (including phenoxy) is 2. The van der Waals surface area contributed by atoms with Crippen LogP contribution in [0.15, 0.2) is 17.1 Å². The van der Waals surface area contributed by atoms with Crippen molar-refractivity contribution < 1.29 is 9.47 Å². The van der Waals surface area contributed by atoms with E-state index >= 15 is 0 Å². The number of hydrogen-bond donors (Lipinski definition) is 0. The average molecular weight is 298 g/mol. The third-order valence-corrected chi connectivity index (χ3v) is 3.69. The predicted octanol–water partition coefficient (Wildman–Crippen LogP) is 3.18. The second kappa shape index (κ2) is 5.08. The summed E-state index contributed by atoms with van der Waals surface area (Å²) in [6.07, 6.45) is 2.00. The molecule has 0 radical (unpaired) electrons. The van der Waals surface area contributed by atoms with Crippen molar-refractivity contribution in [2.45, 2.75) is 25.8 Å². The van der Waals surface area contributed by atoms with Crippen molar-refractivity contribution in [2.24, 2.45) is 4.99 Å². The molecule has 0 spiro atoms. The minimum Gasteiger partial charge on any atom is -0.493 e. The molecule has 0 fully saturated rings. The van der Waals surface area contributed by atoms with E-state index in [1.165, 1.54) is 5.56 Å². The van der Waals surface area contributed by atoms with Gasteiger partial charge in [0.2, 0.25) is 0 Å². The first kappa shape index (κ1) is 12.4. The zero-order chi connectivity index (χ0) is 12.4. The summed E-state index contributed by atoms with van der Waals surface area (Å²) in [5.74, 6) is 1.52. The van der Waals surface area contributed by atoms with Crippen molar-refractivity contribution >= 4 is 20.6 Å². The van der Waals surface area contributed by atoms with Gasteiger partial charge >= 0.3 is 0 Å². The van der Waals surface area contributed by atoms with Gasteiger partial charge in [0.05, 0.1) is 20.3 Å². The Balaban J connectivity index is 2.49. The summed E-state index contributed by atoms with van der Waals surface area (Å²) in [5.41, 5.74) is 2.36. The average Bonchev–Trinajstić information content (AvgIpc) is 2.36. The van der Waals surface area contributed by atoms with Crippen LogP contribution in [0.4, 0.5) is 0 Å². The molecule has 1 aromatic carbocycles. The fraction of sp³-hybridized carbons (Fsp3) is 0.462. The lowest BCUT2D eigenvalue weighted by Crippen LogP contribution is -2.17. The molecule has 92 valence electrons. The van der Waals surface area contributed by atoms with Gasteiger partial charge in [-0.2, -0.15) is 0 Å². The first-order chi connectivity index (χ1) is 8.19. The zero-order valence-electron chi connectivity index (χ0n) is 10.3. The van der Waals surface area contributed by atoms with Crippen LogP contribution in [-0.2, 0) is 6.42 Å². The minimum absolute atomic E-state index is 0.356. The molecule has 0 amide bonds. The highest BCUT2D eigenvalue weighted by Crippen LogP contribution is 2.34. The molecule has 3 nitrogen and oxygen atoms in total. The van der Waals surface area contributed by atoms with Crippen LogP contribution in [0.1, 0.15) is 24.5 Å². The lowest BCUT2D eigenvalue weighted by atomic mass is 9.96. The van der Waals surface area contributed by atoms with Crippen LogP contribution in [0.3, 0.4) is 0 Å². The maximum absolute atomic E-state index is 5.33. The molecule has 1 heterocycles. The van der Waals surface area contributed by atoms with Crippen LogP contribution >= 0.6 is 15.9 Å². The smallest absolute Gasteiger partial charge is 0.161 e.